The Hall–Kier alpha value is -0.840. The number of aryl methyl sites for hydroxylation is 2. The molecule has 0 radical (unpaired) electrons. The quantitative estimate of drug-likeness (QED) is 0.910. The van der Waals surface area contributed by atoms with Crippen LogP contribution in [0.3, 0.4) is 0 Å². The first-order valence-corrected chi connectivity index (χ1v) is 7.33. The normalized spacial score (nSPS) is 12.7. The summed E-state index contributed by atoms with van der Waals surface area (Å²) in [4.78, 5) is 0. The maximum Gasteiger partial charge on any atom is 0.0739 e. The van der Waals surface area contributed by atoms with Crippen molar-refractivity contribution in [2.24, 2.45) is 7.05 Å². The summed E-state index contributed by atoms with van der Waals surface area (Å²) in [6.07, 6.45) is 0. The molecule has 5 heteroatoms. The Morgan fingerprint density at radius 2 is 2.00 bits per heavy atom. The van der Waals surface area contributed by atoms with Gasteiger partial charge in [-0.25, -0.2) is 0 Å². The summed E-state index contributed by atoms with van der Waals surface area (Å²) < 4.78 is 2.98. The summed E-state index contributed by atoms with van der Waals surface area (Å²) in [5, 5.41) is 8.65. The third-order valence-electron chi connectivity index (χ3n) is 3.21. The van der Waals surface area contributed by atoms with Crippen LogP contribution in [0, 0.1) is 6.92 Å². The Morgan fingerprint density at radius 1 is 1.37 bits per heavy atom. The van der Waals surface area contributed by atoms with E-state index in [0.717, 1.165) is 27.4 Å². The van der Waals surface area contributed by atoms with Crippen molar-refractivity contribution < 1.29 is 0 Å². The largest absolute Gasteiger partial charge is 0.305 e. The van der Waals surface area contributed by atoms with Crippen LogP contribution in [0.1, 0.15) is 29.9 Å². The van der Waals surface area contributed by atoms with E-state index in [1.165, 1.54) is 5.56 Å². The molecular weight excluding hydrogens is 326 g/mol. The van der Waals surface area contributed by atoms with Crippen LogP contribution >= 0.6 is 27.5 Å². The van der Waals surface area contributed by atoms with E-state index in [2.05, 4.69) is 33.3 Å². The minimum Gasteiger partial charge on any atom is -0.305 e. The number of rotatable bonds is 4. The SMILES string of the molecule is Cc1nn(C)c(CNC(C)c2ccc(Cl)cc2)c1Br. The van der Waals surface area contributed by atoms with Gasteiger partial charge < -0.3 is 5.32 Å². The van der Waals surface area contributed by atoms with Gasteiger partial charge in [0.1, 0.15) is 0 Å². The van der Waals surface area contributed by atoms with E-state index in [1.54, 1.807) is 0 Å². The molecule has 0 aliphatic rings. The molecule has 102 valence electrons. The van der Waals surface area contributed by atoms with Gasteiger partial charge >= 0.3 is 0 Å². The fourth-order valence-corrected chi connectivity index (χ4v) is 2.59. The molecule has 1 unspecified atom stereocenters. The molecule has 1 atom stereocenters. The molecular formula is C14H17BrClN3. The number of hydrogen-bond acceptors (Lipinski definition) is 2. The van der Waals surface area contributed by atoms with Crippen molar-refractivity contribution in [2.45, 2.75) is 26.4 Å². The Kier molecular flexibility index (Phi) is 4.66. The van der Waals surface area contributed by atoms with Crippen molar-refractivity contribution in [3.8, 4) is 0 Å². The maximum atomic E-state index is 5.90. The third kappa shape index (κ3) is 3.38. The van der Waals surface area contributed by atoms with Crippen LogP contribution in [-0.4, -0.2) is 9.78 Å². The highest BCUT2D eigenvalue weighted by Gasteiger charge is 2.12. The van der Waals surface area contributed by atoms with Crippen LogP contribution in [0.25, 0.3) is 0 Å². The molecule has 0 bridgehead atoms. The van der Waals surface area contributed by atoms with Gasteiger partial charge in [-0.3, -0.25) is 4.68 Å². The summed E-state index contributed by atoms with van der Waals surface area (Å²) >= 11 is 9.47. The number of benzene rings is 1. The van der Waals surface area contributed by atoms with Gasteiger partial charge in [0.25, 0.3) is 0 Å². The fraction of sp³-hybridized carbons (Fsp3) is 0.357. The molecule has 0 spiro atoms. The molecule has 1 N–H and O–H groups in total. The molecule has 1 heterocycles. The summed E-state index contributed by atoms with van der Waals surface area (Å²) in [6, 6.07) is 8.19. The van der Waals surface area contributed by atoms with Crippen molar-refractivity contribution >= 4 is 27.5 Å². The zero-order valence-corrected chi connectivity index (χ0v) is 13.6. The lowest BCUT2D eigenvalue weighted by atomic mass is 10.1. The van der Waals surface area contributed by atoms with Gasteiger partial charge in [0.05, 0.1) is 15.9 Å². The summed E-state index contributed by atoms with van der Waals surface area (Å²) in [7, 11) is 1.96. The molecule has 19 heavy (non-hydrogen) atoms. The van der Waals surface area contributed by atoms with Crippen LogP contribution < -0.4 is 5.32 Å². The number of nitrogens with zero attached hydrogens (tertiary/aromatic N) is 2. The van der Waals surface area contributed by atoms with Crippen LogP contribution in [0.5, 0.6) is 0 Å². The minimum atomic E-state index is 0.263. The first-order valence-electron chi connectivity index (χ1n) is 6.16. The van der Waals surface area contributed by atoms with E-state index in [9.17, 15) is 0 Å². The molecule has 0 saturated heterocycles. The standard InChI is InChI=1S/C14H17BrClN3/c1-9(11-4-6-12(16)7-5-11)17-8-13-14(15)10(2)18-19(13)3/h4-7,9,17H,8H2,1-3H3. The van der Waals surface area contributed by atoms with Gasteiger partial charge in [-0.1, -0.05) is 23.7 Å². The van der Waals surface area contributed by atoms with Gasteiger partial charge in [-0.05, 0) is 47.5 Å². The lowest BCUT2D eigenvalue weighted by Crippen LogP contribution is -2.20. The van der Waals surface area contributed by atoms with E-state index in [0.29, 0.717) is 0 Å². The summed E-state index contributed by atoms with van der Waals surface area (Å²) in [5.41, 5.74) is 3.39. The fourth-order valence-electron chi connectivity index (χ4n) is 1.99. The molecule has 0 fully saturated rings. The van der Waals surface area contributed by atoms with Crippen molar-refractivity contribution in [1.29, 1.82) is 0 Å². The Bertz CT molecular complexity index is 563. The molecule has 0 amide bonds. The molecule has 2 rings (SSSR count). The van der Waals surface area contributed by atoms with Crippen LogP contribution in [0.4, 0.5) is 0 Å². The van der Waals surface area contributed by atoms with E-state index < -0.39 is 0 Å². The molecule has 0 aliphatic carbocycles. The van der Waals surface area contributed by atoms with Crippen molar-refractivity contribution in [3.05, 3.63) is 50.7 Å². The highest BCUT2D eigenvalue weighted by Crippen LogP contribution is 2.21. The smallest absolute Gasteiger partial charge is 0.0739 e. The van der Waals surface area contributed by atoms with Crippen molar-refractivity contribution in [2.75, 3.05) is 0 Å². The monoisotopic (exact) mass is 341 g/mol. The second-order valence-corrected chi connectivity index (χ2v) is 5.85. The number of halogens is 2. The topological polar surface area (TPSA) is 29.9 Å². The molecule has 3 nitrogen and oxygen atoms in total. The zero-order valence-electron chi connectivity index (χ0n) is 11.2. The summed E-state index contributed by atoms with van der Waals surface area (Å²) in [5.74, 6) is 0. The van der Waals surface area contributed by atoms with Crippen molar-refractivity contribution in [3.63, 3.8) is 0 Å². The second kappa shape index (κ2) is 6.07. The highest BCUT2D eigenvalue weighted by atomic mass is 79.9. The summed E-state index contributed by atoms with van der Waals surface area (Å²) in [6.45, 7) is 4.90. The van der Waals surface area contributed by atoms with Gasteiger partial charge in [-0.2, -0.15) is 5.10 Å². The average molecular weight is 343 g/mol. The number of aromatic nitrogens is 2. The van der Waals surface area contributed by atoms with Gasteiger partial charge in [-0.15, -0.1) is 0 Å². The first-order chi connectivity index (χ1) is 8.99. The predicted molar refractivity (Wildman–Crippen MR) is 82.4 cm³/mol. The van der Waals surface area contributed by atoms with Crippen LogP contribution in [0.15, 0.2) is 28.7 Å². The Morgan fingerprint density at radius 3 is 2.53 bits per heavy atom. The zero-order chi connectivity index (χ0) is 14.0. The lowest BCUT2D eigenvalue weighted by Gasteiger charge is -2.14. The average Bonchev–Trinajstić information content (AvgIpc) is 2.62. The lowest BCUT2D eigenvalue weighted by molar-refractivity contribution is 0.547. The second-order valence-electron chi connectivity index (χ2n) is 4.62. The van der Waals surface area contributed by atoms with Gasteiger partial charge in [0, 0.05) is 24.7 Å². The van der Waals surface area contributed by atoms with E-state index in [-0.39, 0.29) is 6.04 Å². The molecule has 0 aliphatic heterocycles. The predicted octanol–water partition coefficient (Wildman–Crippen LogP) is 4.00. The van der Waals surface area contributed by atoms with Gasteiger partial charge in [0.15, 0.2) is 0 Å². The van der Waals surface area contributed by atoms with Gasteiger partial charge in [0.2, 0.25) is 0 Å². The Balaban J connectivity index is 2.04. The molecule has 1 aromatic heterocycles. The number of nitrogens with one attached hydrogen (secondary N) is 1. The van der Waals surface area contributed by atoms with Crippen LogP contribution in [-0.2, 0) is 13.6 Å². The third-order valence-corrected chi connectivity index (χ3v) is 4.49. The van der Waals surface area contributed by atoms with E-state index >= 15 is 0 Å². The highest BCUT2D eigenvalue weighted by molar-refractivity contribution is 9.10. The van der Waals surface area contributed by atoms with E-state index in [1.807, 2.05) is 42.9 Å². The van der Waals surface area contributed by atoms with Crippen molar-refractivity contribution in [1.82, 2.24) is 15.1 Å². The van der Waals surface area contributed by atoms with Crippen LogP contribution in [0.2, 0.25) is 5.02 Å². The Labute approximate surface area is 127 Å². The molecule has 2 aromatic rings. The molecule has 1 aromatic carbocycles. The maximum absolute atomic E-state index is 5.90. The molecule has 0 saturated carbocycles. The van der Waals surface area contributed by atoms with E-state index in [4.69, 9.17) is 11.6 Å². The number of hydrogen-bond donors (Lipinski definition) is 1. The first kappa shape index (κ1) is 14.6. The minimum absolute atomic E-state index is 0.263.